The van der Waals surface area contributed by atoms with Crippen molar-refractivity contribution >= 4 is 11.4 Å². The van der Waals surface area contributed by atoms with Gasteiger partial charge in [0, 0.05) is 25.3 Å². The van der Waals surface area contributed by atoms with Crippen molar-refractivity contribution in [2.24, 2.45) is 0 Å². The zero-order valence-corrected chi connectivity index (χ0v) is 12.6. The highest BCUT2D eigenvalue weighted by atomic mass is 19.1. The van der Waals surface area contributed by atoms with Crippen LogP contribution in [0.2, 0.25) is 0 Å². The van der Waals surface area contributed by atoms with Crippen molar-refractivity contribution in [2.75, 3.05) is 17.7 Å². The number of hydrogen-bond donors (Lipinski definition) is 1. The molecule has 4 heteroatoms. The second kappa shape index (κ2) is 6.48. The Morgan fingerprint density at radius 2 is 1.81 bits per heavy atom. The van der Waals surface area contributed by atoms with Gasteiger partial charge >= 0.3 is 0 Å². The minimum atomic E-state index is -0.221. The third-order valence-electron chi connectivity index (χ3n) is 3.13. The van der Waals surface area contributed by atoms with E-state index in [1.54, 1.807) is 12.1 Å². The number of halogens is 1. The fraction of sp³-hybridized carbons (Fsp3) is 0.294. The molecule has 0 aromatic heterocycles. The van der Waals surface area contributed by atoms with E-state index in [1.165, 1.54) is 12.1 Å². The quantitative estimate of drug-likeness (QED) is 0.850. The molecule has 2 aromatic carbocycles. The monoisotopic (exact) mass is 288 g/mol. The first-order valence-corrected chi connectivity index (χ1v) is 6.97. The maximum atomic E-state index is 12.9. The number of hydrogen-bond acceptors (Lipinski definition) is 3. The second-order valence-corrected chi connectivity index (χ2v) is 5.37. The molecule has 0 fully saturated rings. The van der Waals surface area contributed by atoms with Gasteiger partial charge in [0.05, 0.1) is 11.8 Å². The molecule has 2 rings (SSSR count). The zero-order valence-electron chi connectivity index (χ0n) is 12.6. The van der Waals surface area contributed by atoms with Gasteiger partial charge < -0.3 is 15.4 Å². The highest BCUT2D eigenvalue weighted by Crippen LogP contribution is 2.28. The molecule has 0 saturated heterocycles. The maximum absolute atomic E-state index is 12.9. The predicted molar refractivity (Wildman–Crippen MR) is 85.1 cm³/mol. The highest BCUT2D eigenvalue weighted by Gasteiger charge is 2.08. The number of nitrogens with zero attached hydrogens (tertiary/aromatic N) is 1. The summed E-state index contributed by atoms with van der Waals surface area (Å²) in [5.41, 5.74) is 8.60. The average molecular weight is 288 g/mol. The van der Waals surface area contributed by atoms with E-state index in [4.69, 9.17) is 10.5 Å². The first kappa shape index (κ1) is 15.2. The molecule has 0 aliphatic rings. The van der Waals surface area contributed by atoms with E-state index in [2.05, 4.69) is 4.90 Å². The Balaban J connectivity index is 2.15. The lowest BCUT2D eigenvalue weighted by Gasteiger charge is -2.21. The molecule has 21 heavy (non-hydrogen) atoms. The second-order valence-electron chi connectivity index (χ2n) is 5.37. The fourth-order valence-electron chi connectivity index (χ4n) is 2.07. The summed E-state index contributed by atoms with van der Waals surface area (Å²) in [7, 11) is 1.98. The van der Waals surface area contributed by atoms with Crippen molar-refractivity contribution in [2.45, 2.75) is 26.5 Å². The van der Waals surface area contributed by atoms with Gasteiger partial charge in [-0.3, -0.25) is 0 Å². The Morgan fingerprint density at radius 1 is 1.14 bits per heavy atom. The van der Waals surface area contributed by atoms with Crippen LogP contribution < -0.4 is 15.4 Å². The summed E-state index contributed by atoms with van der Waals surface area (Å²) in [6.07, 6.45) is 0.0740. The van der Waals surface area contributed by atoms with Crippen molar-refractivity contribution in [3.8, 4) is 5.75 Å². The van der Waals surface area contributed by atoms with Crippen LogP contribution in [0.1, 0.15) is 19.4 Å². The molecule has 2 N–H and O–H groups in total. The summed E-state index contributed by atoms with van der Waals surface area (Å²) < 4.78 is 18.6. The number of anilines is 2. The molecule has 112 valence electrons. The van der Waals surface area contributed by atoms with Crippen molar-refractivity contribution in [3.05, 3.63) is 53.8 Å². The molecule has 0 radical (unpaired) electrons. The van der Waals surface area contributed by atoms with Crippen LogP contribution >= 0.6 is 0 Å². The Labute approximate surface area is 125 Å². The van der Waals surface area contributed by atoms with Crippen LogP contribution in [0.25, 0.3) is 0 Å². The Bertz CT molecular complexity index is 596. The molecule has 0 aliphatic carbocycles. The molecule has 2 aromatic rings. The van der Waals surface area contributed by atoms with Gasteiger partial charge in [-0.1, -0.05) is 12.1 Å². The molecule has 3 nitrogen and oxygen atoms in total. The van der Waals surface area contributed by atoms with Gasteiger partial charge in [0.1, 0.15) is 11.6 Å². The van der Waals surface area contributed by atoms with Crippen LogP contribution in [0.15, 0.2) is 42.5 Å². The zero-order chi connectivity index (χ0) is 15.4. The lowest BCUT2D eigenvalue weighted by molar-refractivity contribution is 0.244. The largest absolute Gasteiger partial charge is 0.489 e. The van der Waals surface area contributed by atoms with Gasteiger partial charge in [-0.15, -0.1) is 0 Å². The Hall–Kier alpha value is -2.23. The molecule has 0 bridgehead atoms. The first-order valence-electron chi connectivity index (χ1n) is 6.97. The van der Waals surface area contributed by atoms with Gasteiger partial charge in [-0.25, -0.2) is 4.39 Å². The molecule has 0 saturated carbocycles. The maximum Gasteiger partial charge on any atom is 0.144 e. The topological polar surface area (TPSA) is 38.5 Å². The summed E-state index contributed by atoms with van der Waals surface area (Å²) in [6, 6.07) is 12.2. The molecule has 0 unspecified atom stereocenters. The van der Waals surface area contributed by atoms with Crippen molar-refractivity contribution in [1.82, 2.24) is 0 Å². The van der Waals surface area contributed by atoms with E-state index in [0.29, 0.717) is 18.0 Å². The minimum Gasteiger partial charge on any atom is -0.489 e. The molecule has 0 spiro atoms. The molecular formula is C17H21FN2O. The van der Waals surface area contributed by atoms with Crippen molar-refractivity contribution < 1.29 is 9.13 Å². The molecule has 0 aliphatic heterocycles. The van der Waals surface area contributed by atoms with Crippen LogP contribution in [0, 0.1) is 5.82 Å². The van der Waals surface area contributed by atoms with E-state index in [9.17, 15) is 4.39 Å². The summed E-state index contributed by atoms with van der Waals surface area (Å²) >= 11 is 0. The van der Waals surface area contributed by atoms with Crippen LogP contribution in [0.5, 0.6) is 5.75 Å². The third kappa shape index (κ3) is 4.12. The highest BCUT2D eigenvalue weighted by molar-refractivity contribution is 5.62. The van der Waals surface area contributed by atoms with E-state index in [1.807, 2.05) is 39.1 Å². The summed E-state index contributed by atoms with van der Waals surface area (Å²) in [5, 5.41) is 0. The summed E-state index contributed by atoms with van der Waals surface area (Å²) in [6.45, 7) is 4.62. The van der Waals surface area contributed by atoms with Crippen LogP contribution in [-0.2, 0) is 6.54 Å². The van der Waals surface area contributed by atoms with Crippen LogP contribution in [0.3, 0.4) is 0 Å². The SMILES string of the molecule is CC(C)Oc1cc(N(C)Cc2ccc(F)cc2)ccc1N. The number of nitrogen functional groups attached to an aromatic ring is 1. The third-order valence-corrected chi connectivity index (χ3v) is 3.13. The summed E-state index contributed by atoms with van der Waals surface area (Å²) in [5.74, 6) is 0.468. The van der Waals surface area contributed by atoms with Gasteiger partial charge in [-0.05, 0) is 43.7 Å². The normalized spacial score (nSPS) is 10.7. The van der Waals surface area contributed by atoms with E-state index >= 15 is 0 Å². The predicted octanol–water partition coefficient (Wildman–Crippen LogP) is 3.83. The van der Waals surface area contributed by atoms with E-state index in [0.717, 1.165) is 11.3 Å². The van der Waals surface area contributed by atoms with Crippen molar-refractivity contribution in [1.29, 1.82) is 0 Å². The van der Waals surface area contributed by atoms with E-state index in [-0.39, 0.29) is 11.9 Å². The van der Waals surface area contributed by atoms with Gasteiger partial charge in [-0.2, -0.15) is 0 Å². The first-order chi connectivity index (χ1) is 9.95. The molecule has 0 amide bonds. The number of rotatable bonds is 5. The van der Waals surface area contributed by atoms with Crippen LogP contribution in [0.4, 0.5) is 15.8 Å². The van der Waals surface area contributed by atoms with E-state index < -0.39 is 0 Å². The number of nitrogens with two attached hydrogens (primary N) is 1. The van der Waals surface area contributed by atoms with Gasteiger partial charge in [0.2, 0.25) is 0 Å². The summed E-state index contributed by atoms with van der Waals surface area (Å²) in [4.78, 5) is 2.07. The minimum absolute atomic E-state index is 0.0740. The van der Waals surface area contributed by atoms with Gasteiger partial charge in [0.15, 0.2) is 0 Å². The average Bonchev–Trinajstić information content (AvgIpc) is 2.43. The molecular weight excluding hydrogens is 267 g/mol. The lowest BCUT2D eigenvalue weighted by Crippen LogP contribution is -2.17. The smallest absolute Gasteiger partial charge is 0.144 e. The molecule has 0 atom stereocenters. The lowest BCUT2D eigenvalue weighted by atomic mass is 10.2. The standard InChI is InChI=1S/C17H21FN2O/c1-12(2)21-17-10-15(8-9-16(17)19)20(3)11-13-4-6-14(18)7-5-13/h4-10,12H,11,19H2,1-3H3. The number of benzene rings is 2. The number of ether oxygens (including phenoxy) is 1. The van der Waals surface area contributed by atoms with Gasteiger partial charge in [0.25, 0.3) is 0 Å². The Kier molecular flexibility index (Phi) is 4.68. The van der Waals surface area contributed by atoms with Crippen molar-refractivity contribution in [3.63, 3.8) is 0 Å². The molecule has 0 heterocycles. The van der Waals surface area contributed by atoms with Crippen LogP contribution in [-0.4, -0.2) is 13.2 Å². The fourth-order valence-corrected chi connectivity index (χ4v) is 2.07. The Morgan fingerprint density at radius 3 is 2.43 bits per heavy atom.